The number of hydrogen-bond donors (Lipinski definition) is 0. The number of halogens is 3. The minimum atomic E-state index is -4.31. The fourth-order valence-corrected chi connectivity index (χ4v) is 3.48. The highest BCUT2D eigenvalue weighted by atomic mass is 19.4. The van der Waals surface area contributed by atoms with Crippen molar-refractivity contribution in [1.29, 1.82) is 0 Å². The highest BCUT2D eigenvalue weighted by Gasteiger charge is 2.33. The zero-order chi connectivity index (χ0) is 17.5. The number of alkyl halides is 3. The molecule has 0 spiro atoms. The predicted molar refractivity (Wildman–Crippen MR) is 88.8 cm³/mol. The zero-order valence-corrected chi connectivity index (χ0v) is 14.3. The molecule has 2 aromatic rings. The van der Waals surface area contributed by atoms with Gasteiger partial charge in [0.05, 0.1) is 11.3 Å². The number of benzene rings is 1. The first-order valence-electron chi connectivity index (χ1n) is 8.61. The van der Waals surface area contributed by atoms with Gasteiger partial charge in [0.2, 0.25) is 0 Å². The highest BCUT2D eigenvalue weighted by Crippen LogP contribution is 2.42. The van der Waals surface area contributed by atoms with Crippen molar-refractivity contribution < 1.29 is 13.2 Å². The molecule has 0 aliphatic heterocycles. The van der Waals surface area contributed by atoms with Crippen LogP contribution in [-0.4, -0.2) is 9.55 Å². The molecule has 1 fully saturated rings. The first-order valence-corrected chi connectivity index (χ1v) is 8.61. The van der Waals surface area contributed by atoms with E-state index >= 15 is 0 Å². The average Bonchev–Trinajstić information content (AvgIpc) is 3.26. The lowest BCUT2D eigenvalue weighted by molar-refractivity contribution is -0.137. The lowest BCUT2D eigenvalue weighted by Gasteiger charge is -2.18. The number of aryl methyl sites for hydroxylation is 2. The summed E-state index contributed by atoms with van der Waals surface area (Å²) in [5.74, 6) is 1.74. The van der Waals surface area contributed by atoms with Gasteiger partial charge in [-0.15, -0.1) is 0 Å². The van der Waals surface area contributed by atoms with Gasteiger partial charge in [-0.2, -0.15) is 13.2 Å². The van der Waals surface area contributed by atoms with Gasteiger partial charge in [0, 0.05) is 24.2 Å². The third-order valence-electron chi connectivity index (χ3n) is 4.90. The predicted octanol–water partition coefficient (Wildman–Crippen LogP) is 5.80. The van der Waals surface area contributed by atoms with Crippen LogP contribution in [0.25, 0.3) is 11.3 Å². The SMILES string of the molecule is CCc1nc(-c2ccc(C(F)(F)F)cc2C)cn1C(CC)C1CC1. The Hall–Kier alpha value is -1.78. The van der Waals surface area contributed by atoms with Crippen LogP contribution in [0.3, 0.4) is 0 Å². The minimum absolute atomic E-state index is 0.455. The van der Waals surface area contributed by atoms with Crippen LogP contribution in [0.5, 0.6) is 0 Å². The Labute approximate surface area is 140 Å². The summed E-state index contributed by atoms with van der Waals surface area (Å²) in [6.07, 6.45) is 2.11. The molecular formula is C19H23F3N2. The molecule has 1 unspecified atom stereocenters. The molecule has 1 aliphatic carbocycles. The Balaban J connectivity index is 1.99. The summed E-state index contributed by atoms with van der Waals surface area (Å²) in [7, 11) is 0. The summed E-state index contributed by atoms with van der Waals surface area (Å²) < 4.78 is 40.8. The van der Waals surface area contributed by atoms with E-state index in [2.05, 4.69) is 18.4 Å². The highest BCUT2D eigenvalue weighted by molar-refractivity contribution is 5.64. The summed E-state index contributed by atoms with van der Waals surface area (Å²) in [5, 5.41) is 0. The van der Waals surface area contributed by atoms with Gasteiger partial charge >= 0.3 is 6.18 Å². The smallest absolute Gasteiger partial charge is 0.331 e. The molecule has 1 saturated carbocycles. The summed E-state index contributed by atoms with van der Waals surface area (Å²) >= 11 is 0. The van der Waals surface area contributed by atoms with Gasteiger partial charge in [0.15, 0.2) is 0 Å². The summed E-state index contributed by atoms with van der Waals surface area (Å²) in [6, 6.07) is 4.35. The Morgan fingerprint density at radius 1 is 1.25 bits per heavy atom. The van der Waals surface area contributed by atoms with E-state index in [1.165, 1.54) is 18.9 Å². The quantitative estimate of drug-likeness (QED) is 0.674. The van der Waals surface area contributed by atoms with Crippen molar-refractivity contribution >= 4 is 0 Å². The van der Waals surface area contributed by atoms with Crippen molar-refractivity contribution in [3.05, 3.63) is 41.3 Å². The zero-order valence-electron chi connectivity index (χ0n) is 14.3. The fraction of sp³-hybridized carbons (Fsp3) is 0.526. The lowest BCUT2D eigenvalue weighted by atomic mass is 10.0. The van der Waals surface area contributed by atoms with Crippen LogP contribution in [0.1, 0.15) is 56.1 Å². The van der Waals surface area contributed by atoms with Crippen LogP contribution in [0.15, 0.2) is 24.4 Å². The van der Waals surface area contributed by atoms with Gasteiger partial charge in [-0.05, 0) is 49.8 Å². The van der Waals surface area contributed by atoms with E-state index < -0.39 is 11.7 Å². The van der Waals surface area contributed by atoms with Crippen LogP contribution < -0.4 is 0 Å². The van der Waals surface area contributed by atoms with Gasteiger partial charge < -0.3 is 4.57 Å². The molecule has 0 saturated heterocycles. The third-order valence-corrected chi connectivity index (χ3v) is 4.90. The van der Waals surface area contributed by atoms with E-state index in [-0.39, 0.29) is 0 Å². The van der Waals surface area contributed by atoms with Crippen molar-refractivity contribution in [3.63, 3.8) is 0 Å². The van der Waals surface area contributed by atoms with Gasteiger partial charge in [0.25, 0.3) is 0 Å². The van der Waals surface area contributed by atoms with Crippen molar-refractivity contribution in [2.24, 2.45) is 5.92 Å². The molecule has 5 heteroatoms. The number of imidazole rings is 1. The maximum Gasteiger partial charge on any atom is 0.416 e. The van der Waals surface area contributed by atoms with Gasteiger partial charge in [-0.1, -0.05) is 19.9 Å². The molecule has 130 valence electrons. The maximum atomic E-state index is 12.9. The molecule has 1 aromatic carbocycles. The van der Waals surface area contributed by atoms with E-state index in [1.807, 2.05) is 6.20 Å². The Morgan fingerprint density at radius 3 is 2.46 bits per heavy atom. The molecule has 0 amide bonds. The van der Waals surface area contributed by atoms with E-state index in [1.54, 1.807) is 13.0 Å². The standard InChI is InChI=1S/C19H23F3N2/c1-4-17(13-6-7-13)24-11-16(23-18(24)5-2)15-9-8-14(10-12(15)3)19(20,21)22/h8-11,13,17H,4-7H2,1-3H3. The monoisotopic (exact) mass is 336 g/mol. The molecule has 2 nitrogen and oxygen atoms in total. The average molecular weight is 336 g/mol. The van der Waals surface area contributed by atoms with E-state index in [9.17, 15) is 13.2 Å². The third kappa shape index (κ3) is 3.21. The Morgan fingerprint density at radius 2 is 1.96 bits per heavy atom. The van der Waals surface area contributed by atoms with Gasteiger partial charge in [-0.25, -0.2) is 4.98 Å². The van der Waals surface area contributed by atoms with Crippen molar-refractivity contribution in [3.8, 4) is 11.3 Å². The second-order valence-corrected chi connectivity index (χ2v) is 6.64. The molecule has 1 aliphatic rings. The van der Waals surface area contributed by atoms with Gasteiger partial charge in [-0.3, -0.25) is 0 Å². The van der Waals surface area contributed by atoms with E-state index in [0.717, 1.165) is 41.9 Å². The first kappa shape index (κ1) is 17.1. The van der Waals surface area contributed by atoms with Crippen LogP contribution in [0, 0.1) is 12.8 Å². The van der Waals surface area contributed by atoms with Crippen molar-refractivity contribution in [2.75, 3.05) is 0 Å². The molecule has 1 atom stereocenters. The first-order chi connectivity index (χ1) is 11.3. The molecule has 0 N–H and O–H groups in total. The number of nitrogens with zero attached hydrogens (tertiary/aromatic N) is 2. The maximum absolute atomic E-state index is 12.9. The molecular weight excluding hydrogens is 313 g/mol. The second-order valence-electron chi connectivity index (χ2n) is 6.64. The lowest BCUT2D eigenvalue weighted by Crippen LogP contribution is -2.12. The normalized spacial score (nSPS) is 16.4. The van der Waals surface area contributed by atoms with Crippen molar-refractivity contribution in [2.45, 2.75) is 58.7 Å². The largest absolute Gasteiger partial charge is 0.416 e. The van der Waals surface area contributed by atoms with E-state index in [4.69, 9.17) is 4.98 Å². The minimum Gasteiger partial charge on any atom is -0.331 e. The van der Waals surface area contributed by atoms with Crippen LogP contribution in [0.4, 0.5) is 13.2 Å². The molecule has 3 rings (SSSR count). The summed E-state index contributed by atoms with van der Waals surface area (Å²) in [4.78, 5) is 4.71. The van der Waals surface area contributed by atoms with Crippen LogP contribution in [-0.2, 0) is 12.6 Å². The molecule has 1 heterocycles. The number of hydrogen-bond acceptors (Lipinski definition) is 1. The number of aromatic nitrogens is 2. The fourth-order valence-electron chi connectivity index (χ4n) is 3.48. The van der Waals surface area contributed by atoms with E-state index in [0.29, 0.717) is 11.6 Å². The Bertz CT molecular complexity index is 727. The van der Waals surface area contributed by atoms with Crippen LogP contribution in [0.2, 0.25) is 0 Å². The van der Waals surface area contributed by atoms with Crippen molar-refractivity contribution in [1.82, 2.24) is 9.55 Å². The molecule has 24 heavy (non-hydrogen) atoms. The molecule has 0 bridgehead atoms. The molecule has 1 aromatic heterocycles. The second kappa shape index (κ2) is 6.26. The van der Waals surface area contributed by atoms with Crippen LogP contribution >= 0.6 is 0 Å². The van der Waals surface area contributed by atoms with Gasteiger partial charge in [0.1, 0.15) is 5.82 Å². The summed E-state index contributed by atoms with van der Waals surface area (Å²) in [6.45, 7) is 5.97. The topological polar surface area (TPSA) is 17.8 Å². The molecule has 0 radical (unpaired) electrons. The summed E-state index contributed by atoms with van der Waals surface area (Å²) in [5.41, 5.74) is 1.55. The Kier molecular flexibility index (Phi) is 4.45. The number of rotatable bonds is 5.